The Balaban J connectivity index is 1.78. The molecular weight excluding hydrogens is 322 g/mol. The zero-order valence-electron chi connectivity index (χ0n) is 13.4. The molecule has 0 fully saturated rings. The van der Waals surface area contributed by atoms with E-state index in [1.165, 1.54) is 18.6 Å². The molecule has 24 heavy (non-hydrogen) atoms. The molecule has 1 heterocycles. The predicted octanol–water partition coefficient (Wildman–Crippen LogP) is 3.71. The molecule has 0 bridgehead atoms. The van der Waals surface area contributed by atoms with E-state index in [2.05, 4.69) is 14.9 Å². The van der Waals surface area contributed by atoms with Gasteiger partial charge in [0.15, 0.2) is 5.60 Å². The Bertz CT molecular complexity index is 804. The second-order valence-corrected chi connectivity index (χ2v) is 6.03. The van der Waals surface area contributed by atoms with Crippen LogP contribution in [0, 0.1) is 0 Å². The average Bonchev–Trinajstić information content (AvgIpc) is 3.17. The summed E-state index contributed by atoms with van der Waals surface area (Å²) in [6.07, 6.45) is 0. The third kappa shape index (κ3) is 3.20. The maximum absolute atomic E-state index is 12.7. The van der Waals surface area contributed by atoms with Gasteiger partial charge in [0.2, 0.25) is 0 Å². The first-order chi connectivity index (χ1) is 11.6. The van der Waals surface area contributed by atoms with E-state index >= 15 is 0 Å². The summed E-state index contributed by atoms with van der Waals surface area (Å²) in [6.45, 7) is 1.76. The van der Waals surface area contributed by atoms with Crippen molar-refractivity contribution < 1.29 is 9.53 Å². The number of aromatic nitrogens is 2. The minimum Gasteiger partial charge on any atom is -0.364 e. The summed E-state index contributed by atoms with van der Waals surface area (Å²) in [7, 11) is 1.53. The van der Waals surface area contributed by atoms with E-state index < -0.39 is 5.60 Å². The van der Waals surface area contributed by atoms with Crippen molar-refractivity contribution in [2.45, 2.75) is 12.5 Å². The first-order valence-electron chi connectivity index (χ1n) is 7.43. The number of nitrogens with zero attached hydrogens (tertiary/aromatic N) is 2. The van der Waals surface area contributed by atoms with Crippen molar-refractivity contribution in [2.24, 2.45) is 0 Å². The molecule has 0 radical (unpaired) electrons. The average molecular weight is 339 g/mol. The number of ether oxygens (including phenoxy) is 1. The van der Waals surface area contributed by atoms with Gasteiger partial charge < -0.3 is 10.1 Å². The lowest BCUT2D eigenvalue weighted by Gasteiger charge is -2.27. The quantitative estimate of drug-likeness (QED) is 0.770. The number of amides is 1. The molecule has 3 aromatic rings. The van der Waals surface area contributed by atoms with E-state index in [0.717, 1.165) is 16.8 Å². The number of benzene rings is 2. The van der Waals surface area contributed by atoms with Gasteiger partial charge in [0.25, 0.3) is 5.91 Å². The molecule has 122 valence electrons. The number of carbonyl (C=O) groups excluding carboxylic acids is 1. The Kier molecular flexibility index (Phi) is 4.69. The topological polar surface area (TPSA) is 64.1 Å². The minimum atomic E-state index is -1.06. The highest BCUT2D eigenvalue weighted by molar-refractivity contribution is 7.03. The van der Waals surface area contributed by atoms with Crippen LogP contribution in [0.3, 0.4) is 0 Å². The van der Waals surface area contributed by atoms with Crippen molar-refractivity contribution in [1.29, 1.82) is 0 Å². The number of rotatable bonds is 5. The van der Waals surface area contributed by atoms with Crippen molar-refractivity contribution >= 4 is 23.1 Å². The molecule has 0 aliphatic carbocycles. The third-order valence-corrected chi connectivity index (χ3v) is 4.47. The molecule has 5 nitrogen and oxygen atoms in total. The highest BCUT2D eigenvalue weighted by atomic mass is 32.1. The molecule has 1 amide bonds. The fraction of sp³-hybridized carbons (Fsp3) is 0.167. The van der Waals surface area contributed by atoms with Crippen LogP contribution >= 0.6 is 11.5 Å². The van der Waals surface area contributed by atoms with Crippen LogP contribution in [0.5, 0.6) is 0 Å². The molecule has 0 aliphatic rings. The fourth-order valence-electron chi connectivity index (χ4n) is 2.36. The monoisotopic (exact) mass is 339 g/mol. The molecule has 0 saturated carbocycles. The van der Waals surface area contributed by atoms with Gasteiger partial charge in [-0.3, -0.25) is 4.79 Å². The van der Waals surface area contributed by atoms with Crippen molar-refractivity contribution in [3.05, 3.63) is 65.5 Å². The minimum absolute atomic E-state index is 0.223. The van der Waals surface area contributed by atoms with Gasteiger partial charge in [0.1, 0.15) is 5.69 Å². The van der Waals surface area contributed by atoms with Gasteiger partial charge in [-0.05, 0) is 36.2 Å². The largest absolute Gasteiger partial charge is 0.364 e. The summed E-state index contributed by atoms with van der Waals surface area (Å²) >= 11 is 1.31. The summed E-state index contributed by atoms with van der Waals surface area (Å²) in [5, 5.41) is 8.82. The standard InChI is InChI=1S/C18H17N3O2S/c1-18(23-2,14-6-4-3-5-7-14)17(22)19-15-10-8-13(9-11-15)16-12-24-21-20-16/h3-12H,1-2H3,(H,19,22). The molecule has 1 N–H and O–H groups in total. The number of carbonyl (C=O) groups is 1. The van der Waals surface area contributed by atoms with Gasteiger partial charge in [-0.15, -0.1) is 5.10 Å². The van der Waals surface area contributed by atoms with Crippen LogP contribution < -0.4 is 5.32 Å². The molecule has 1 atom stereocenters. The highest BCUT2D eigenvalue weighted by Gasteiger charge is 2.35. The van der Waals surface area contributed by atoms with Gasteiger partial charge in [0, 0.05) is 23.7 Å². The van der Waals surface area contributed by atoms with Gasteiger partial charge in [-0.2, -0.15) is 0 Å². The lowest BCUT2D eigenvalue weighted by atomic mass is 9.94. The van der Waals surface area contributed by atoms with Crippen LogP contribution in [0.25, 0.3) is 11.3 Å². The van der Waals surface area contributed by atoms with Gasteiger partial charge >= 0.3 is 0 Å². The number of hydrogen-bond acceptors (Lipinski definition) is 5. The normalized spacial score (nSPS) is 13.2. The summed E-state index contributed by atoms with van der Waals surface area (Å²) in [6, 6.07) is 16.9. The fourth-order valence-corrected chi connectivity index (χ4v) is 2.83. The lowest BCUT2D eigenvalue weighted by Crippen LogP contribution is -2.39. The summed E-state index contributed by atoms with van der Waals surface area (Å²) < 4.78 is 9.36. The Morgan fingerprint density at radius 3 is 2.42 bits per heavy atom. The van der Waals surface area contributed by atoms with Gasteiger partial charge in [-0.1, -0.05) is 47.0 Å². The molecule has 2 aromatic carbocycles. The SMILES string of the molecule is COC(C)(C(=O)Nc1ccc(-c2csnn2)cc1)c1ccccc1. The Labute approximate surface area is 144 Å². The van der Waals surface area contributed by atoms with Gasteiger partial charge in [-0.25, -0.2) is 0 Å². The van der Waals surface area contributed by atoms with Crippen LogP contribution in [0.1, 0.15) is 12.5 Å². The number of hydrogen-bond donors (Lipinski definition) is 1. The van der Waals surface area contributed by atoms with E-state index in [4.69, 9.17) is 4.74 Å². The number of nitrogens with one attached hydrogen (secondary N) is 1. The lowest BCUT2D eigenvalue weighted by molar-refractivity contribution is -0.136. The predicted molar refractivity (Wildman–Crippen MR) is 94.8 cm³/mol. The molecule has 6 heteroatoms. The van der Waals surface area contributed by atoms with E-state index in [-0.39, 0.29) is 5.91 Å². The third-order valence-electron chi connectivity index (χ3n) is 3.96. The first kappa shape index (κ1) is 16.3. The number of anilines is 1. The van der Waals surface area contributed by atoms with E-state index in [1.807, 2.05) is 60.0 Å². The maximum atomic E-state index is 12.7. The highest BCUT2D eigenvalue weighted by Crippen LogP contribution is 2.27. The van der Waals surface area contributed by atoms with Crippen molar-refractivity contribution in [2.75, 3.05) is 12.4 Å². The smallest absolute Gasteiger partial charge is 0.260 e. The van der Waals surface area contributed by atoms with Gasteiger partial charge in [0.05, 0.1) is 0 Å². The molecule has 0 saturated heterocycles. The zero-order chi connectivity index (χ0) is 17.0. The molecule has 1 unspecified atom stereocenters. The van der Waals surface area contributed by atoms with Crippen LogP contribution in [0.4, 0.5) is 5.69 Å². The van der Waals surface area contributed by atoms with Crippen molar-refractivity contribution in [1.82, 2.24) is 9.59 Å². The second kappa shape index (κ2) is 6.90. The Morgan fingerprint density at radius 2 is 1.83 bits per heavy atom. The summed E-state index contributed by atoms with van der Waals surface area (Å²) in [5.41, 5.74) is 2.23. The van der Waals surface area contributed by atoms with Crippen LogP contribution in [0.15, 0.2) is 60.0 Å². The van der Waals surface area contributed by atoms with Crippen LogP contribution in [-0.4, -0.2) is 22.6 Å². The molecule has 0 spiro atoms. The van der Waals surface area contributed by atoms with Crippen molar-refractivity contribution in [3.8, 4) is 11.3 Å². The summed E-state index contributed by atoms with van der Waals surface area (Å²) in [4.78, 5) is 12.7. The summed E-state index contributed by atoms with van der Waals surface area (Å²) in [5.74, 6) is -0.223. The van der Waals surface area contributed by atoms with Crippen molar-refractivity contribution in [3.63, 3.8) is 0 Å². The van der Waals surface area contributed by atoms with E-state index in [9.17, 15) is 4.79 Å². The first-order valence-corrected chi connectivity index (χ1v) is 8.27. The van der Waals surface area contributed by atoms with Crippen LogP contribution in [-0.2, 0) is 15.1 Å². The molecule has 3 rings (SSSR count). The molecule has 0 aliphatic heterocycles. The van der Waals surface area contributed by atoms with E-state index in [1.54, 1.807) is 6.92 Å². The second-order valence-electron chi connectivity index (χ2n) is 5.43. The Hall–Kier alpha value is -2.57. The molecular formula is C18H17N3O2S. The number of methoxy groups -OCH3 is 1. The maximum Gasteiger partial charge on any atom is 0.260 e. The molecule has 1 aromatic heterocycles. The zero-order valence-corrected chi connectivity index (χ0v) is 14.2. The van der Waals surface area contributed by atoms with Crippen LogP contribution in [0.2, 0.25) is 0 Å². The van der Waals surface area contributed by atoms with E-state index in [0.29, 0.717) is 5.69 Å². The Morgan fingerprint density at radius 1 is 1.12 bits per heavy atom.